The summed E-state index contributed by atoms with van der Waals surface area (Å²) in [6.45, 7) is 4.27. The van der Waals surface area contributed by atoms with Gasteiger partial charge in [0.15, 0.2) is 0 Å². The molecule has 1 aliphatic heterocycles. The van der Waals surface area contributed by atoms with Crippen LogP contribution in [0, 0.1) is 0 Å². The molecule has 0 bridgehead atoms. The van der Waals surface area contributed by atoms with Gasteiger partial charge in [-0.1, -0.05) is 18.9 Å². The van der Waals surface area contributed by atoms with Crippen molar-refractivity contribution < 1.29 is 14.3 Å². The second-order valence-corrected chi connectivity index (χ2v) is 4.80. The molecule has 0 aliphatic carbocycles. The molecular weight excluding hydrogens is 244 g/mol. The molecule has 5 nitrogen and oxygen atoms in total. The number of nitrogens with zero attached hydrogens (tertiary/aromatic N) is 1. The summed E-state index contributed by atoms with van der Waals surface area (Å²) in [5.41, 5.74) is 0. The minimum atomic E-state index is -0.408. The van der Waals surface area contributed by atoms with Crippen LogP contribution in [0.2, 0.25) is 0 Å². The van der Waals surface area contributed by atoms with E-state index in [-0.39, 0.29) is 11.9 Å². The summed E-state index contributed by atoms with van der Waals surface area (Å²) in [6.07, 6.45) is 7.76. The summed E-state index contributed by atoms with van der Waals surface area (Å²) in [5.74, 6) is -0.397. The highest BCUT2D eigenvalue weighted by Crippen LogP contribution is 2.12. The molecule has 1 aliphatic rings. The Morgan fingerprint density at radius 2 is 1.89 bits per heavy atom. The molecule has 5 heteroatoms. The third-order valence-corrected chi connectivity index (χ3v) is 3.42. The maximum atomic E-state index is 12.0. The molecule has 0 saturated carbocycles. The molecule has 1 fully saturated rings. The van der Waals surface area contributed by atoms with E-state index in [0.717, 1.165) is 13.1 Å². The number of rotatable bonds is 5. The predicted octanol–water partition coefficient (Wildman–Crippen LogP) is 1.10. The summed E-state index contributed by atoms with van der Waals surface area (Å²) < 4.78 is 4.47. The van der Waals surface area contributed by atoms with E-state index in [1.54, 1.807) is 6.08 Å². The SMILES string of the molecule is COC(=O)/C=C/CNC(=O)C(C)N1CCCCCC1. The van der Waals surface area contributed by atoms with Crippen molar-refractivity contribution in [1.82, 2.24) is 10.2 Å². The van der Waals surface area contributed by atoms with Crippen molar-refractivity contribution in [2.45, 2.75) is 38.6 Å². The summed E-state index contributed by atoms with van der Waals surface area (Å²) in [4.78, 5) is 25.0. The average molecular weight is 268 g/mol. The molecule has 1 unspecified atom stereocenters. The lowest BCUT2D eigenvalue weighted by atomic mass is 10.2. The average Bonchev–Trinajstić information content (AvgIpc) is 2.71. The minimum absolute atomic E-state index is 0.0106. The Balaban J connectivity index is 2.31. The first-order chi connectivity index (χ1) is 9.15. The number of hydrogen-bond donors (Lipinski definition) is 1. The van der Waals surface area contributed by atoms with E-state index < -0.39 is 5.97 Å². The van der Waals surface area contributed by atoms with Gasteiger partial charge in [-0.15, -0.1) is 0 Å². The zero-order valence-corrected chi connectivity index (χ0v) is 11.9. The zero-order valence-electron chi connectivity index (χ0n) is 11.9. The van der Waals surface area contributed by atoms with Gasteiger partial charge >= 0.3 is 5.97 Å². The van der Waals surface area contributed by atoms with Crippen molar-refractivity contribution in [3.8, 4) is 0 Å². The fourth-order valence-electron chi connectivity index (χ4n) is 2.18. The maximum absolute atomic E-state index is 12.0. The third kappa shape index (κ3) is 5.87. The molecule has 1 saturated heterocycles. The van der Waals surface area contributed by atoms with Gasteiger partial charge in [-0.3, -0.25) is 9.69 Å². The second-order valence-electron chi connectivity index (χ2n) is 4.80. The first-order valence-corrected chi connectivity index (χ1v) is 6.91. The highest BCUT2D eigenvalue weighted by Gasteiger charge is 2.21. The molecule has 1 rings (SSSR count). The Kier molecular flexibility index (Phi) is 7.18. The molecule has 0 aromatic carbocycles. The van der Waals surface area contributed by atoms with Crippen molar-refractivity contribution in [3.05, 3.63) is 12.2 Å². The Morgan fingerprint density at radius 1 is 1.26 bits per heavy atom. The number of likely N-dealkylation sites (tertiary alicyclic amines) is 1. The van der Waals surface area contributed by atoms with Crippen molar-refractivity contribution in [2.24, 2.45) is 0 Å². The lowest BCUT2D eigenvalue weighted by molar-refractivity contribution is -0.135. The first kappa shape index (κ1) is 15.7. The molecule has 0 radical (unpaired) electrons. The van der Waals surface area contributed by atoms with E-state index >= 15 is 0 Å². The quantitative estimate of drug-likeness (QED) is 0.599. The van der Waals surface area contributed by atoms with Gasteiger partial charge in [0.25, 0.3) is 0 Å². The van der Waals surface area contributed by atoms with Gasteiger partial charge in [-0.05, 0) is 32.9 Å². The Hall–Kier alpha value is -1.36. The van der Waals surface area contributed by atoms with Gasteiger partial charge in [0, 0.05) is 12.6 Å². The van der Waals surface area contributed by atoms with Gasteiger partial charge in [0.2, 0.25) is 5.91 Å². The Morgan fingerprint density at radius 3 is 2.47 bits per heavy atom. The fourth-order valence-corrected chi connectivity index (χ4v) is 2.18. The number of nitrogens with one attached hydrogen (secondary N) is 1. The monoisotopic (exact) mass is 268 g/mol. The van der Waals surface area contributed by atoms with Crippen LogP contribution in [0.5, 0.6) is 0 Å². The Bertz CT molecular complexity index is 321. The van der Waals surface area contributed by atoms with E-state index in [4.69, 9.17) is 0 Å². The predicted molar refractivity (Wildman–Crippen MR) is 73.7 cm³/mol. The summed E-state index contributed by atoms with van der Waals surface area (Å²) >= 11 is 0. The van der Waals surface area contributed by atoms with Crippen LogP contribution in [-0.2, 0) is 14.3 Å². The van der Waals surface area contributed by atoms with Crippen molar-refractivity contribution >= 4 is 11.9 Å². The van der Waals surface area contributed by atoms with E-state index in [0.29, 0.717) is 6.54 Å². The van der Waals surface area contributed by atoms with Crippen LogP contribution >= 0.6 is 0 Å². The summed E-state index contributed by atoms with van der Waals surface area (Å²) in [6, 6.07) is -0.107. The molecule has 1 heterocycles. The van der Waals surface area contributed by atoms with E-state index in [1.165, 1.54) is 38.9 Å². The number of ether oxygens (including phenoxy) is 1. The second kappa shape index (κ2) is 8.69. The van der Waals surface area contributed by atoms with Crippen LogP contribution in [0.25, 0.3) is 0 Å². The molecular formula is C14H24N2O3. The van der Waals surface area contributed by atoms with Gasteiger partial charge in [0.1, 0.15) is 0 Å². The van der Waals surface area contributed by atoms with Gasteiger partial charge < -0.3 is 10.1 Å². The van der Waals surface area contributed by atoms with Crippen LogP contribution in [0.3, 0.4) is 0 Å². The van der Waals surface area contributed by atoms with Crippen LogP contribution in [0.15, 0.2) is 12.2 Å². The van der Waals surface area contributed by atoms with Crippen molar-refractivity contribution in [3.63, 3.8) is 0 Å². The smallest absolute Gasteiger partial charge is 0.330 e. The molecule has 108 valence electrons. The number of esters is 1. The molecule has 0 aromatic heterocycles. The molecule has 0 spiro atoms. The highest BCUT2D eigenvalue weighted by molar-refractivity contribution is 5.83. The van der Waals surface area contributed by atoms with Gasteiger partial charge in [-0.25, -0.2) is 4.79 Å². The molecule has 1 amide bonds. The van der Waals surface area contributed by atoms with Gasteiger partial charge in [-0.2, -0.15) is 0 Å². The third-order valence-electron chi connectivity index (χ3n) is 3.42. The lowest BCUT2D eigenvalue weighted by Crippen LogP contribution is -2.45. The number of carbonyl (C=O) groups is 2. The first-order valence-electron chi connectivity index (χ1n) is 6.91. The van der Waals surface area contributed by atoms with Crippen LogP contribution < -0.4 is 5.32 Å². The maximum Gasteiger partial charge on any atom is 0.330 e. The Labute approximate surface area is 115 Å². The highest BCUT2D eigenvalue weighted by atomic mass is 16.5. The van der Waals surface area contributed by atoms with E-state index in [1.807, 2.05) is 6.92 Å². The van der Waals surface area contributed by atoms with Crippen molar-refractivity contribution in [2.75, 3.05) is 26.7 Å². The standard InChI is InChI=1S/C14H24N2O3/c1-12(16-10-5-3-4-6-11-16)14(18)15-9-7-8-13(17)19-2/h7-8,12H,3-6,9-11H2,1-2H3,(H,15,18)/b8-7+. The summed E-state index contributed by atoms with van der Waals surface area (Å²) in [5, 5.41) is 2.80. The molecule has 19 heavy (non-hydrogen) atoms. The number of methoxy groups -OCH3 is 1. The van der Waals surface area contributed by atoms with Gasteiger partial charge in [0.05, 0.1) is 13.2 Å². The number of hydrogen-bond acceptors (Lipinski definition) is 4. The normalized spacial score (nSPS) is 18.8. The molecule has 0 aromatic rings. The largest absolute Gasteiger partial charge is 0.466 e. The number of amides is 1. The molecule has 1 N–H and O–H groups in total. The lowest BCUT2D eigenvalue weighted by Gasteiger charge is -2.26. The zero-order chi connectivity index (χ0) is 14.1. The number of carbonyl (C=O) groups excluding carboxylic acids is 2. The minimum Gasteiger partial charge on any atom is -0.466 e. The fraction of sp³-hybridized carbons (Fsp3) is 0.714. The van der Waals surface area contributed by atoms with Crippen molar-refractivity contribution in [1.29, 1.82) is 0 Å². The topological polar surface area (TPSA) is 58.6 Å². The molecule has 1 atom stereocenters. The van der Waals surface area contributed by atoms with E-state index in [9.17, 15) is 9.59 Å². The summed E-state index contributed by atoms with van der Waals surface area (Å²) in [7, 11) is 1.33. The van der Waals surface area contributed by atoms with Crippen LogP contribution in [0.1, 0.15) is 32.6 Å². The van der Waals surface area contributed by atoms with Crippen LogP contribution in [-0.4, -0.2) is 49.6 Å². The van der Waals surface area contributed by atoms with Crippen LogP contribution in [0.4, 0.5) is 0 Å². The van der Waals surface area contributed by atoms with E-state index in [2.05, 4.69) is 15.0 Å².